The predicted molar refractivity (Wildman–Crippen MR) is 82.1 cm³/mol. The third kappa shape index (κ3) is 2.17. The zero-order valence-electron chi connectivity index (χ0n) is 11.7. The Balaban J connectivity index is 2.09. The number of fused-ring (bicyclic) bond motifs is 1. The molecule has 0 fully saturated rings. The molecule has 0 N–H and O–H groups in total. The summed E-state index contributed by atoms with van der Waals surface area (Å²) in [5, 5.41) is 1.30. The molecule has 0 atom stereocenters. The molecule has 1 heteroatoms. The second kappa shape index (κ2) is 4.58. The smallest absolute Gasteiger partial charge is 0.0528 e. The maximum absolute atomic E-state index is 2.25. The zero-order chi connectivity index (χ0) is 13.4. The number of aromatic nitrogens is 1. The molecule has 0 aliphatic rings. The summed E-state index contributed by atoms with van der Waals surface area (Å²) in [6, 6.07) is 17.6. The van der Waals surface area contributed by atoms with Gasteiger partial charge in [-0.05, 0) is 48.7 Å². The molecule has 19 heavy (non-hydrogen) atoms. The van der Waals surface area contributed by atoms with E-state index in [0.717, 1.165) is 0 Å². The number of hydrogen-bond donors (Lipinski definition) is 0. The fraction of sp³-hybridized carbons (Fsp3) is 0.222. The van der Waals surface area contributed by atoms with Crippen LogP contribution in [0.25, 0.3) is 16.6 Å². The van der Waals surface area contributed by atoms with Crippen LogP contribution in [0.3, 0.4) is 0 Å². The summed E-state index contributed by atoms with van der Waals surface area (Å²) >= 11 is 0. The van der Waals surface area contributed by atoms with E-state index in [-0.39, 0.29) is 0 Å². The largest absolute Gasteiger partial charge is 0.317 e. The molecule has 0 unspecified atom stereocenters. The molecule has 2 aromatic carbocycles. The van der Waals surface area contributed by atoms with Gasteiger partial charge in [0.05, 0.1) is 5.52 Å². The maximum atomic E-state index is 2.25. The van der Waals surface area contributed by atoms with Crippen molar-refractivity contribution in [2.24, 2.45) is 0 Å². The van der Waals surface area contributed by atoms with Gasteiger partial charge in [-0.1, -0.05) is 37.6 Å². The van der Waals surface area contributed by atoms with Crippen LogP contribution in [0, 0.1) is 6.92 Å². The highest BCUT2D eigenvalue weighted by molar-refractivity contribution is 5.82. The lowest BCUT2D eigenvalue weighted by Crippen LogP contribution is -1.93. The molecule has 0 aliphatic heterocycles. The summed E-state index contributed by atoms with van der Waals surface area (Å²) in [4.78, 5) is 0. The van der Waals surface area contributed by atoms with Crippen LogP contribution in [0.2, 0.25) is 0 Å². The minimum absolute atomic E-state index is 0.582. The van der Waals surface area contributed by atoms with Crippen molar-refractivity contribution in [2.45, 2.75) is 26.7 Å². The van der Waals surface area contributed by atoms with Gasteiger partial charge in [-0.2, -0.15) is 0 Å². The third-order valence-corrected chi connectivity index (χ3v) is 3.68. The monoisotopic (exact) mass is 249 g/mol. The van der Waals surface area contributed by atoms with Gasteiger partial charge in [0.1, 0.15) is 0 Å². The van der Waals surface area contributed by atoms with Crippen LogP contribution < -0.4 is 0 Å². The Hall–Kier alpha value is -2.02. The van der Waals surface area contributed by atoms with Gasteiger partial charge >= 0.3 is 0 Å². The van der Waals surface area contributed by atoms with Gasteiger partial charge in [-0.3, -0.25) is 0 Å². The molecular formula is C18H19N. The summed E-state index contributed by atoms with van der Waals surface area (Å²) in [6.07, 6.45) is 2.15. The van der Waals surface area contributed by atoms with E-state index in [4.69, 9.17) is 0 Å². The molecule has 0 saturated heterocycles. The first-order valence-electron chi connectivity index (χ1n) is 6.83. The van der Waals surface area contributed by atoms with Crippen LogP contribution in [-0.2, 0) is 0 Å². The van der Waals surface area contributed by atoms with Crippen molar-refractivity contribution in [3.8, 4) is 5.69 Å². The molecule has 1 nitrogen and oxygen atoms in total. The highest BCUT2D eigenvalue weighted by Crippen LogP contribution is 2.23. The molecule has 0 aliphatic carbocycles. The summed E-state index contributed by atoms with van der Waals surface area (Å²) in [6.45, 7) is 6.58. The Kier molecular flexibility index (Phi) is 2.90. The quantitative estimate of drug-likeness (QED) is 0.598. The van der Waals surface area contributed by atoms with E-state index in [2.05, 4.69) is 80.1 Å². The van der Waals surface area contributed by atoms with Crippen LogP contribution in [0.15, 0.2) is 54.7 Å². The maximum Gasteiger partial charge on any atom is 0.0528 e. The van der Waals surface area contributed by atoms with Crippen molar-refractivity contribution >= 4 is 10.9 Å². The van der Waals surface area contributed by atoms with E-state index in [1.54, 1.807) is 0 Å². The van der Waals surface area contributed by atoms with E-state index in [1.165, 1.54) is 27.7 Å². The molecule has 3 aromatic rings. The van der Waals surface area contributed by atoms with Gasteiger partial charge in [0.25, 0.3) is 0 Å². The summed E-state index contributed by atoms with van der Waals surface area (Å²) in [7, 11) is 0. The van der Waals surface area contributed by atoms with Crippen molar-refractivity contribution in [1.82, 2.24) is 4.57 Å². The summed E-state index contributed by atoms with van der Waals surface area (Å²) in [5.74, 6) is 0.582. The van der Waals surface area contributed by atoms with E-state index in [1.807, 2.05) is 0 Å². The number of hydrogen-bond acceptors (Lipinski definition) is 0. The molecule has 1 aromatic heterocycles. The predicted octanol–water partition coefficient (Wildman–Crippen LogP) is 5.06. The second-order valence-electron chi connectivity index (χ2n) is 5.49. The average molecular weight is 249 g/mol. The molecular weight excluding hydrogens is 230 g/mol. The third-order valence-electron chi connectivity index (χ3n) is 3.68. The Bertz CT molecular complexity index is 702. The van der Waals surface area contributed by atoms with Gasteiger partial charge in [0, 0.05) is 17.3 Å². The van der Waals surface area contributed by atoms with Crippen LogP contribution in [0.5, 0.6) is 0 Å². The van der Waals surface area contributed by atoms with Crippen molar-refractivity contribution in [3.63, 3.8) is 0 Å². The SMILES string of the molecule is Cc1ccc2c(ccn2-c2ccc(C(C)C)cc2)c1. The van der Waals surface area contributed by atoms with Crippen molar-refractivity contribution < 1.29 is 0 Å². The fourth-order valence-electron chi connectivity index (χ4n) is 2.51. The van der Waals surface area contributed by atoms with E-state index >= 15 is 0 Å². The van der Waals surface area contributed by atoms with E-state index < -0.39 is 0 Å². The topological polar surface area (TPSA) is 4.93 Å². The molecule has 0 amide bonds. The molecule has 0 radical (unpaired) electrons. The first-order valence-corrected chi connectivity index (χ1v) is 6.83. The summed E-state index contributed by atoms with van der Waals surface area (Å²) < 4.78 is 2.25. The van der Waals surface area contributed by atoms with Crippen LogP contribution in [0.4, 0.5) is 0 Å². The molecule has 3 rings (SSSR count). The highest BCUT2D eigenvalue weighted by Gasteiger charge is 2.04. The molecule has 1 heterocycles. The Morgan fingerprint density at radius 2 is 1.63 bits per heavy atom. The first-order chi connectivity index (χ1) is 9.15. The van der Waals surface area contributed by atoms with Crippen molar-refractivity contribution in [3.05, 3.63) is 65.9 Å². The number of rotatable bonds is 2. The Morgan fingerprint density at radius 1 is 0.895 bits per heavy atom. The van der Waals surface area contributed by atoms with Crippen molar-refractivity contribution in [1.29, 1.82) is 0 Å². The van der Waals surface area contributed by atoms with Gasteiger partial charge in [-0.15, -0.1) is 0 Å². The lowest BCUT2D eigenvalue weighted by Gasteiger charge is -2.09. The van der Waals surface area contributed by atoms with E-state index in [9.17, 15) is 0 Å². The average Bonchev–Trinajstić information content (AvgIpc) is 2.81. The second-order valence-corrected chi connectivity index (χ2v) is 5.49. The van der Waals surface area contributed by atoms with Crippen LogP contribution in [0.1, 0.15) is 30.9 Å². The first kappa shape index (κ1) is 12.0. The normalized spacial score (nSPS) is 11.4. The lowest BCUT2D eigenvalue weighted by atomic mass is 10.0. The number of nitrogens with zero attached hydrogens (tertiary/aromatic N) is 1. The van der Waals surface area contributed by atoms with E-state index in [0.29, 0.717) is 5.92 Å². The highest BCUT2D eigenvalue weighted by atomic mass is 15.0. The van der Waals surface area contributed by atoms with Gasteiger partial charge < -0.3 is 4.57 Å². The summed E-state index contributed by atoms with van der Waals surface area (Å²) in [5.41, 5.74) is 5.18. The van der Waals surface area contributed by atoms with Gasteiger partial charge in [0.2, 0.25) is 0 Å². The number of benzene rings is 2. The zero-order valence-corrected chi connectivity index (χ0v) is 11.7. The standard InChI is InChI=1S/C18H19N/c1-13(2)15-5-7-17(8-6-15)19-11-10-16-12-14(3)4-9-18(16)19/h4-13H,1-3H3. The van der Waals surface area contributed by atoms with Gasteiger partial charge in [-0.25, -0.2) is 0 Å². The molecule has 0 bridgehead atoms. The molecule has 96 valence electrons. The molecule has 0 saturated carbocycles. The van der Waals surface area contributed by atoms with Gasteiger partial charge in [0.15, 0.2) is 0 Å². The minimum Gasteiger partial charge on any atom is -0.317 e. The fourth-order valence-corrected chi connectivity index (χ4v) is 2.51. The van der Waals surface area contributed by atoms with Crippen LogP contribution >= 0.6 is 0 Å². The molecule has 0 spiro atoms. The Morgan fingerprint density at radius 3 is 2.32 bits per heavy atom. The minimum atomic E-state index is 0.582. The Labute approximate surface area is 114 Å². The van der Waals surface area contributed by atoms with Crippen molar-refractivity contribution in [2.75, 3.05) is 0 Å². The lowest BCUT2D eigenvalue weighted by molar-refractivity contribution is 0.865. The van der Waals surface area contributed by atoms with Crippen LogP contribution in [-0.4, -0.2) is 4.57 Å². The number of aryl methyl sites for hydroxylation is 1.